The van der Waals surface area contributed by atoms with Crippen molar-refractivity contribution in [2.75, 3.05) is 33.2 Å². The van der Waals surface area contributed by atoms with Gasteiger partial charge in [-0.05, 0) is 56.3 Å². The van der Waals surface area contributed by atoms with Crippen LogP contribution in [0.4, 0.5) is 0 Å². The molecule has 1 atom stereocenters. The Morgan fingerprint density at radius 3 is 2.85 bits per heavy atom. The van der Waals surface area contributed by atoms with Crippen LogP contribution in [0.2, 0.25) is 5.02 Å². The van der Waals surface area contributed by atoms with Crippen LogP contribution in [0.5, 0.6) is 0 Å². The Hall–Kier alpha value is -1.85. The normalized spacial score (nSPS) is 18.0. The quantitative estimate of drug-likeness (QED) is 0.773. The number of amides is 1. The highest BCUT2D eigenvalue weighted by atomic mass is 35.5. The first kappa shape index (κ1) is 18.9. The van der Waals surface area contributed by atoms with Crippen LogP contribution in [0.1, 0.15) is 34.7 Å². The number of carbonyl (C=O) groups excluding carboxylic acids is 1. The lowest BCUT2D eigenvalue weighted by Gasteiger charge is -2.34. The van der Waals surface area contributed by atoms with Crippen LogP contribution in [-0.2, 0) is 6.42 Å². The van der Waals surface area contributed by atoms with E-state index >= 15 is 0 Å². The Bertz CT molecular complexity index is 729. The largest absolute Gasteiger partial charge is 0.438 e. The molecule has 26 heavy (non-hydrogen) atoms. The Labute approximate surface area is 159 Å². The first-order chi connectivity index (χ1) is 12.5. The van der Waals surface area contributed by atoms with Gasteiger partial charge in [0.25, 0.3) is 5.91 Å². The van der Waals surface area contributed by atoms with Crippen LogP contribution < -0.4 is 0 Å². The zero-order valence-electron chi connectivity index (χ0n) is 15.4. The summed E-state index contributed by atoms with van der Waals surface area (Å²) < 4.78 is 5.23. The highest BCUT2D eigenvalue weighted by molar-refractivity contribution is 6.30. The van der Waals surface area contributed by atoms with Crippen molar-refractivity contribution >= 4 is 17.5 Å². The number of rotatable bonds is 6. The molecule has 0 unspecified atom stereocenters. The molecule has 0 bridgehead atoms. The van der Waals surface area contributed by atoms with Crippen molar-refractivity contribution in [3.8, 4) is 0 Å². The maximum absolute atomic E-state index is 12.5. The Morgan fingerprint density at radius 1 is 1.38 bits per heavy atom. The number of piperidine rings is 1. The van der Waals surface area contributed by atoms with E-state index < -0.39 is 0 Å². The van der Waals surface area contributed by atoms with Crippen LogP contribution in [-0.4, -0.2) is 53.9 Å². The van der Waals surface area contributed by atoms with Gasteiger partial charge in [0.05, 0.1) is 5.69 Å². The van der Waals surface area contributed by atoms with E-state index in [-0.39, 0.29) is 5.91 Å². The van der Waals surface area contributed by atoms with Gasteiger partial charge in [0.2, 0.25) is 5.76 Å². The fraction of sp³-hybridized carbons (Fsp3) is 0.500. The van der Waals surface area contributed by atoms with Crippen LogP contribution in [0.15, 0.2) is 35.1 Å². The smallest absolute Gasteiger partial charge is 0.291 e. The van der Waals surface area contributed by atoms with E-state index in [0.717, 1.165) is 44.0 Å². The van der Waals surface area contributed by atoms with E-state index in [1.54, 1.807) is 11.8 Å². The first-order valence-corrected chi connectivity index (χ1v) is 9.53. The fourth-order valence-corrected chi connectivity index (χ4v) is 3.72. The second-order valence-electron chi connectivity index (χ2n) is 7.14. The molecule has 1 aliphatic heterocycles. The summed E-state index contributed by atoms with van der Waals surface area (Å²) in [4.78, 5) is 20.8. The molecule has 6 heteroatoms. The molecule has 5 nitrogen and oxygen atoms in total. The topological polar surface area (TPSA) is 49.6 Å². The third-order valence-corrected chi connectivity index (χ3v) is 5.30. The number of aromatic nitrogens is 1. The standard InChI is InChI=1S/C20H26ClN3O2/c1-15-19(26-14-22-15)20(25)23(2)12-17-4-3-10-24(13-17)11-9-16-5-7-18(21)8-6-16/h5-8,14,17H,3-4,9-13H2,1-2H3/t17-/m0/s1. The third kappa shape index (κ3) is 4.86. The molecule has 0 aliphatic carbocycles. The molecule has 2 aromatic rings. The van der Waals surface area contributed by atoms with Gasteiger partial charge < -0.3 is 14.2 Å². The molecule has 1 fully saturated rings. The van der Waals surface area contributed by atoms with E-state index in [1.165, 1.54) is 18.4 Å². The van der Waals surface area contributed by atoms with Gasteiger partial charge in [-0.1, -0.05) is 23.7 Å². The van der Waals surface area contributed by atoms with Gasteiger partial charge in [-0.25, -0.2) is 4.98 Å². The molecule has 140 valence electrons. The van der Waals surface area contributed by atoms with Gasteiger partial charge >= 0.3 is 0 Å². The number of benzene rings is 1. The lowest BCUT2D eigenvalue weighted by atomic mass is 9.97. The van der Waals surface area contributed by atoms with E-state index in [1.807, 2.05) is 19.2 Å². The molecule has 1 aromatic heterocycles. The lowest BCUT2D eigenvalue weighted by molar-refractivity contribution is 0.0699. The van der Waals surface area contributed by atoms with Gasteiger partial charge in [0, 0.05) is 31.7 Å². The summed E-state index contributed by atoms with van der Waals surface area (Å²) in [5, 5.41) is 0.779. The first-order valence-electron chi connectivity index (χ1n) is 9.15. The zero-order chi connectivity index (χ0) is 18.5. The van der Waals surface area contributed by atoms with Crippen molar-refractivity contribution < 1.29 is 9.21 Å². The number of nitrogens with zero attached hydrogens (tertiary/aromatic N) is 3. The summed E-state index contributed by atoms with van der Waals surface area (Å²) >= 11 is 5.95. The number of aryl methyl sites for hydroxylation is 1. The van der Waals surface area contributed by atoms with Crippen LogP contribution in [0.3, 0.4) is 0 Å². The number of hydrogen-bond acceptors (Lipinski definition) is 4. The molecule has 0 saturated carbocycles. The average Bonchev–Trinajstić information content (AvgIpc) is 3.07. The lowest BCUT2D eigenvalue weighted by Crippen LogP contribution is -2.42. The maximum atomic E-state index is 12.5. The highest BCUT2D eigenvalue weighted by Gasteiger charge is 2.25. The predicted octanol–water partition coefficient (Wildman–Crippen LogP) is 3.66. The van der Waals surface area contributed by atoms with Crippen LogP contribution in [0.25, 0.3) is 0 Å². The minimum Gasteiger partial charge on any atom is -0.438 e. The molecule has 1 saturated heterocycles. The Kier molecular flexibility index (Phi) is 6.33. The molecule has 0 N–H and O–H groups in total. The molecule has 0 spiro atoms. The number of likely N-dealkylation sites (tertiary alicyclic amines) is 1. The van der Waals surface area contributed by atoms with Crippen molar-refractivity contribution in [1.29, 1.82) is 0 Å². The minimum absolute atomic E-state index is 0.0849. The SMILES string of the molecule is Cc1ncoc1C(=O)N(C)C[C@@H]1CCCN(CCc2ccc(Cl)cc2)C1. The molecule has 1 amide bonds. The van der Waals surface area contributed by atoms with Gasteiger partial charge in [0.1, 0.15) is 0 Å². The van der Waals surface area contributed by atoms with E-state index in [9.17, 15) is 4.79 Å². The van der Waals surface area contributed by atoms with E-state index in [0.29, 0.717) is 17.4 Å². The number of carbonyl (C=O) groups is 1. The van der Waals surface area contributed by atoms with Crippen molar-refractivity contribution in [3.63, 3.8) is 0 Å². The van der Waals surface area contributed by atoms with Crippen LogP contribution >= 0.6 is 11.6 Å². The monoisotopic (exact) mass is 375 g/mol. The summed E-state index contributed by atoms with van der Waals surface area (Å²) in [6.45, 7) is 5.74. The van der Waals surface area contributed by atoms with Crippen LogP contribution in [0, 0.1) is 12.8 Å². The molecular weight excluding hydrogens is 350 g/mol. The Balaban J connectivity index is 1.49. The molecule has 1 aliphatic rings. The number of oxazole rings is 1. The number of hydrogen-bond donors (Lipinski definition) is 0. The second kappa shape index (κ2) is 8.69. The minimum atomic E-state index is -0.0849. The summed E-state index contributed by atoms with van der Waals surface area (Å²) in [7, 11) is 1.84. The van der Waals surface area contributed by atoms with Gasteiger partial charge in [-0.15, -0.1) is 0 Å². The summed E-state index contributed by atoms with van der Waals surface area (Å²) in [5.41, 5.74) is 1.96. The maximum Gasteiger partial charge on any atom is 0.291 e. The second-order valence-corrected chi connectivity index (χ2v) is 7.57. The van der Waals surface area contributed by atoms with Gasteiger partial charge in [-0.3, -0.25) is 4.79 Å². The van der Waals surface area contributed by atoms with Gasteiger partial charge in [-0.2, -0.15) is 0 Å². The fourth-order valence-electron chi connectivity index (χ4n) is 3.59. The van der Waals surface area contributed by atoms with Crippen molar-refractivity contribution in [2.45, 2.75) is 26.2 Å². The van der Waals surface area contributed by atoms with Crippen molar-refractivity contribution in [3.05, 3.63) is 52.7 Å². The van der Waals surface area contributed by atoms with Crippen molar-refractivity contribution in [2.24, 2.45) is 5.92 Å². The zero-order valence-corrected chi connectivity index (χ0v) is 16.2. The third-order valence-electron chi connectivity index (χ3n) is 5.05. The molecular formula is C20H26ClN3O2. The molecule has 1 aromatic carbocycles. The number of halogens is 1. The van der Waals surface area contributed by atoms with Crippen molar-refractivity contribution in [1.82, 2.24) is 14.8 Å². The van der Waals surface area contributed by atoms with E-state index in [4.69, 9.17) is 16.0 Å². The predicted molar refractivity (Wildman–Crippen MR) is 103 cm³/mol. The summed E-state index contributed by atoms with van der Waals surface area (Å²) in [6, 6.07) is 8.08. The van der Waals surface area contributed by atoms with E-state index in [2.05, 4.69) is 22.0 Å². The molecule has 0 radical (unpaired) electrons. The Morgan fingerprint density at radius 2 is 2.15 bits per heavy atom. The summed E-state index contributed by atoms with van der Waals surface area (Å²) in [6.07, 6.45) is 4.69. The highest BCUT2D eigenvalue weighted by Crippen LogP contribution is 2.19. The molecule has 2 heterocycles. The summed E-state index contributed by atoms with van der Waals surface area (Å²) in [5.74, 6) is 0.757. The molecule has 3 rings (SSSR count). The van der Waals surface area contributed by atoms with Gasteiger partial charge in [0.15, 0.2) is 6.39 Å². The average molecular weight is 376 g/mol.